The first-order chi connectivity index (χ1) is 9.16. The number of nitrogens with zero attached hydrogens (tertiary/aromatic N) is 3. The fourth-order valence-electron chi connectivity index (χ4n) is 1.74. The molecule has 0 aromatic carbocycles. The van der Waals surface area contributed by atoms with Gasteiger partial charge in [0.1, 0.15) is 12.4 Å². The minimum atomic E-state index is -2.49. The maximum atomic E-state index is 12.1. The maximum absolute atomic E-state index is 12.1. The number of ether oxygens (including phenoxy) is 1. The molecule has 1 aromatic rings. The molecule has 0 bridgehead atoms. The standard InChI is InChI=1S/C12H16F2N4O/c1-18-5-4-16-12(18)17-6-9-2-3-15-7-10(9)19-8-11(13)14/h2-3,7,11H,4-6,8H2,1H3,(H,16,17). The van der Waals surface area contributed by atoms with Crippen LogP contribution >= 0.6 is 0 Å². The van der Waals surface area contributed by atoms with E-state index in [1.165, 1.54) is 6.20 Å². The lowest BCUT2D eigenvalue weighted by molar-refractivity contribution is 0.0812. The van der Waals surface area contributed by atoms with Crippen molar-refractivity contribution in [1.29, 1.82) is 0 Å². The molecule has 0 amide bonds. The molecular weight excluding hydrogens is 254 g/mol. The van der Waals surface area contributed by atoms with Gasteiger partial charge in [0.2, 0.25) is 0 Å². The molecule has 1 N–H and O–H groups in total. The van der Waals surface area contributed by atoms with E-state index in [0.29, 0.717) is 12.3 Å². The van der Waals surface area contributed by atoms with Gasteiger partial charge in [0, 0.05) is 31.9 Å². The third-order valence-corrected chi connectivity index (χ3v) is 2.73. The number of hydrogen-bond acceptors (Lipinski definition) is 5. The molecule has 104 valence electrons. The number of halogens is 2. The maximum Gasteiger partial charge on any atom is 0.272 e. The summed E-state index contributed by atoms with van der Waals surface area (Å²) in [4.78, 5) is 10.2. The Labute approximate surface area is 110 Å². The largest absolute Gasteiger partial charge is 0.486 e. The van der Waals surface area contributed by atoms with Crippen LogP contribution in [0.4, 0.5) is 8.78 Å². The summed E-state index contributed by atoms with van der Waals surface area (Å²) in [6.07, 6.45) is 0.553. The van der Waals surface area contributed by atoms with E-state index in [1.54, 1.807) is 12.3 Å². The van der Waals surface area contributed by atoms with Crippen molar-refractivity contribution in [2.75, 3.05) is 26.7 Å². The van der Waals surface area contributed by atoms with Gasteiger partial charge in [-0.2, -0.15) is 0 Å². The topological polar surface area (TPSA) is 49.8 Å². The Morgan fingerprint density at radius 1 is 1.53 bits per heavy atom. The smallest absolute Gasteiger partial charge is 0.272 e. The molecule has 1 aliphatic rings. The van der Waals surface area contributed by atoms with Crippen LogP contribution in [0.2, 0.25) is 0 Å². The van der Waals surface area contributed by atoms with E-state index in [1.807, 2.05) is 11.9 Å². The highest BCUT2D eigenvalue weighted by Gasteiger charge is 2.13. The van der Waals surface area contributed by atoms with Crippen LogP contribution in [0, 0.1) is 0 Å². The van der Waals surface area contributed by atoms with Crippen molar-refractivity contribution >= 4 is 5.96 Å². The molecule has 1 aliphatic heterocycles. The summed E-state index contributed by atoms with van der Waals surface area (Å²) < 4.78 is 29.3. The number of alkyl halides is 2. The minimum Gasteiger partial charge on any atom is -0.486 e. The highest BCUT2D eigenvalue weighted by molar-refractivity contribution is 5.81. The second-order valence-corrected chi connectivity index (χ2v) is 4.17. The molecule has 19 heavy (non-hydrogen) atoms. The van der Waals surface area contributed by atoms with Crippen molar-refractivity contribution in [2.45, 2.75) is 13.0 Å². The molecule has 2 rings (SSSR count). The van der Waals surface area contributed by atoms with Crippen molar-refractivity contribution in [1.82, 2.24) is 15.2 Å². The summed E-state index contributed by atoms with van der Waals surface area (Å²) in [5.74, 6) is 1.17. The Kier molecular flexibility index (Phi) is 4.48. The van der Waals surface area contributed by atoms with Crippen molar-refractivity contribution < 1.29 is 13.5 Å². The monoisotopic (exact) mass is 270 g/mol. The SMILES string of the molecule is CN1CCN=C1NCc1ccncc1OCC(F)F. The molecule has 0 radical (unpaired) electrons. The number of aliphatic imine (C=N–C) groups is 1. The lowest BCUT2D eigenvalue weighted by atomic mass is 10.2. The van der Waals surface area contributed by atoms with Crippen molar-refractivity contribution in [3.8, 4) is 5.75 Å². The molecule has 7 heteroatoms. The van der Waals surface area contributed by atoms with Gasteiger partial charge in [-0.15, -0.1) is 0 Å². The highest BCUT2D eigenvalue weighted by atomic mass is 19.3. The van der Waals surface area contributed by atoms with E-state index in [9.17, 15) is 8.78 Å². The molecule has 0 fully saturated rings. The third kappa shape index (κ3) is 3.77. The first-order valence-corrected chi connectivity index (χ1v) is 6.00. The molecule has 0 saturated heterocycles. The fraction of sp³-hybridized carbons (Fsp3) is 0.500. The van der Waals surface area contributed by atoms with Crippen molar-refractivity contribution in [3.05, 3.63) is 24.0 Å². The first kappa shape index (κ1) is 13.5. The molecule has 2 heterocycles. The van der Waals surface area contributed by atoms with E-state index in [-0.39, 0.29) is 0 Å². The quantitative estimate of drug-likeness (QED) is 0.871. The third-order valence-electron chi connectivity index (χ3n) is 2.73. The molecule has 0 aliphatic carbocycles. The summed E-state index contributed by atoms with van der Waals surface area (Å²) in [7, 11) is 1.94. The van der Waals surface area contributed by atoms with Crippen molar-refractivity contribution in [2.24, 2.45) is 4.99 Å². The van der Waals surface area contributed by atoms with E-state index in [0.717, 1.165) is 24.6 Å². The number of pyridine rings is 1. The van der Waals surface area contributed by atoms with Crippen molar-refractivity contribution in [3.63, 3.8) is 0 Å². The summed E-state index contributed by atoms with van der Waals surface area (Å²) in [5.41, 5.74) is 0.777. The summed E-state index contributed by atoms with van der Waals surface area (Å²) >= 11 is 0. The van der Waals surface area contributed by atoms with Crippen LogP contribution in [-0.2, 0) is 6.54 Å². The second-order valence-electron chi connectivity index (χ2n) is 4.17. The lowest BCUT2D eigenvalue weighted by Crippen LogP contribution is -2.35. The van der Waals surface area contributed by atoms with E-state index in [4.69, 9.17) is 4.74 Å². The van der Waals surface area contributed by atoms with Crippen LogP contribution in [0.3, 0.4) is 0 Å². The Balaban J connectivity index is 1.95. The molecule has 0 spiro atoms. The average Bonchev–Trinajstić information content (AvgIpc) is 2.80. The van der Waals surface area contributed by atoms with E-state index in [2.05, 4.69) is 15.3 Å². The average molecular weight is 270 g/mol. The molecular formula is C12H16F2N4O. The molecule has 0 unspecified atom stereocenters. The van der Waals surface area contributed by atoms with Crippen LogP contribution in [0.25, 0.3) is 0 Å². The highest BCUT2D eigenvalue weighted by Crippen LogP contribution is 2.17. The summed E-state index contributed by atoms with van der Waals surface area (Å²) in [6.45, 7) is 1.49. The van der Waals surface area contributed by atoms with Crippen LogP contribution in [0.5, 0.6) is 5.75 Å². The zero-order valence-corrected chi connectivity index (χ0v) is 10.6. The van der Waals surface area contributed by atoms with Crippen LogP contribution in [-0.4, -0.2) is 49.0 Å². The lowest BCUT2D eigenvalue weighted by Gasteiger charge is -2.16. The van der Waals surface area contributed by atoms with Crippen LogP contribution < -0.4 is 10.1 Å². The van der Waals surface area contributed by atoms with E-state index >= 15 is 0 Å². The van der Waals surface area contributed by atoms with Crippen LogP contribution in [0.1, 0.15) is 5.56 Å². The number of hydrogen-bond donors (Lipinski definition) is 1. The Bertz CT molecular complexity index is 453. The van der Waals surface area contributed by atoms with Gasteiger partial charge in [0.25, 0.3) is 6.43 Å². The predicted octanol–water partition coefficient (Wildman–Crippen LogP) is 1.12. The van der Waals surface area contributed by atoms with Gasteiger partial charge in [0.05, 0.1) is 12.7 Å². The Morgan fingerprint density at radius 3 is 3.05 bits per heavy atom. The normalized spacial score (nSPS) is 14.7. The zero-order chi connectivity index (χ0) is 13.7. The Morgan fingerprint density at radius 2 is 2.37 bits per heavy atom. The van der Waals surface area contributed by atoms with Crippen LogP contribution in [0.15, 0.2) is 23.5 Å². The Hall–Kier alpha value is -1.92. The first-order valence-electron chi connectivity index (χ1n) is 6.00. The summed E-state index contributed by atoms with van der Waals surface area (Å²) in [5, 5.41) is 3.16. The number of rotatable bonds is 5. The molecule has 0 saturated carbocycles. The van der Waals surface area contributed by atoms with Gasteiger partial charge >= 0.3 is 0 Å². The summed E-state index contributed by atoms with van der Waals surface area (Å²) in [6, 6.07) is 1.74. The van der Waals surface area contributed by atoms with Gasteiger partial charge in [-0.25, -0.2) is 8.78 Å². The van der Waals surface area contributed by atoms with Gasteiger partial charge in [0.15, 0.2) is 5.96 Å². The molecule has 1 aromatic heterocycles. The number of likely N-dealkylation sites (N-methyl/N-ethyl adjacent to an activating group) is 1. The van der Waals surface area contributed by atoms with Gasteiger partial charge in [-0.3, -0.25) is 9.98 Å². The second kappa shape index (κ2) is 6.31. The van der Waals surface area contributed by atoms with Gasteiger partial charge in [-0.1, -0.05) is 0 Å². The molecule has 5 nitrogen and oxygen atoms in total. The number of guanidine groups is 1. The fourth-order valence-corrected chi connectivity index (χ4v) is 1.74. The molecule has 0 atom stereocenters. The number of nitrogens with one attached hydrogen (secondary N) is 1. The van der Waals surface area contributed by atoms with E-state index < -0.39 is 13.0 Å². The van der Waals surface area contributed by atoms with Gasteiger partial charge < -0.3 is 15.0 Å². The number of aromatic nitrogens is 1. The zero-order valence-electron chi connectivity index (χ0n) is 10.6. The predicted molar refractivity (Wildman–Crippen MR) is 67.5 cm³/mol. The minimum absolute atomic E-state index is 0.372. The van der Waals surface area contributed by atoms with Gasteiger partial charge in [-0.05, 0) is 6.07 Å².